The Morgan fingerprint density at radius 3 is 1.85 bits per heavy atom. The van der Waals surface area contributed by atoms with E-state index in [0.29, 0.717) is 26.1 Å². The van der Waals surface area contributed by atoms with Gasteiger partial charge in [0.25, 0.3) is 6.29 Å². The maximum Gasteiger partial charge on any atom is 0.281 e. The van der Waals surface area contributed by atoms with Gasteiger partial charge in [0.15, 0.2) is 0 Å². The number of hydrogen-bond donors (Lipinski definition) is 0. The number of methoxy groups -OCH3 is 1. The summed E-state index contributed by atoms with van der Waals surface area (Å²) in [6.45, 7) is 7.33. The van der Waals surface area contributed by atoms with Gasteiger partial charge in [0.2, 0.25) is 6.29 Å². The van der Waals surface area contributed by atoms with E-state index in [1.807, 2.05) is 20.8 Å². The molecular formula is C9H19O4. The zero-order valence-corrected chi connectivity index (χ0v) is 8.83. The number of rotatable bonds is 8. The van der Waals surface area contributed by atoms with Crippen molar-refractivity contribution in [3.8, 4) is 0 Å². The maximum atomic E-state index is 5.28. The van der Waals surface area contributed by atoms with Crippen molar-refractivity contribution in [3.63, 3.8) is 0 Å². The quantitative estimate of drug-likeness (QED) is 0.545. The molecular weight excluding hydrogens is 172 g/mol. The Hall–Kier alpha value is -0.160. The second-order valence-corrected chi connectivity index (χ2v) is 2.20. The molecule has 4 heteroatoms. The molecule has 0 aromatic heterocycles. The van der Waals surface area contributed by atoms with E-state index in [1.165, 1.54) is 7.11 Å². The highest BCUT2D eigenvalue weighted by molar-refractivity contribution is 4.70. The summed E-state index contributed by atoms with van der Waals surface area (Å²) in [4.78, 5) is 0. The Morgan fingerprint density at radius 2 is 1.54 bits per heavy atom. The largest absolute Gasteiger partial charge is 0.348 e. The molecule has 0 aromatic carbocycles. The summed E-state index contributed by atoms with van der Waals surface area (Å²) >= 11 is 0. The SMILES string of the molecule is CCO[C](OC)C(OCC)OCC. The molecule has 0 atom stereocenters. The van der Waals surface area contributed by atoms with Crippen LogP contribution in [-0.4, -0.2) is 33.2 Å². The first-order chi connectivity index (χ1) is 6.29. The molecule has 0 aromatic rings. The van der Waals surface area contributed by atoms with Crippen LogP contribution in [0.4, 0.5) is 0 Å². The molecule has 0 N–H and O–H groups in total. The first-order valence-electron chi connectivity index (χ1n) is 4.56. The van der Waals surface area contributed by atoms with Crippen molar-refractivity contribution in [2.24, 2.45) is 0 Å². The predicted molar refractivity (Wildman–Crippen MR) is 48.9 cm³/mol. The fourth-order valence-corrected chi connectivity index (χ4v) is 0.852. The molecule has 0 saturated heterocycles. The summed E-state index contributed by atoms with van der Waals surface area (Å²) < 4.78 is 20.8. The molecule has 0 spiro atoms. The molecule has 79 valence electrons. The van der Waals surface area contributed by atoms with E-state index in [2.05, 4.69) is 0 Å². The average molecular weight is 191 g/mol. The first-order valence-corrected chi connectivity index (χ1v) is 4.56. The third-order valence-corrected chi connectivity index (χ3v) is 1.32. The summed E-state index contributed by atoms with van der Waals surface area (Å²) in [5.74, 6) is 0. The molecule has 0 amide bonds. The molecule has 0 saturated carbocycles. The molecule has 0 bridgehead atoms. The summed E-state index contributed by atoms with van der Waals surface area (Å²) in [5.41, 5.74) is 0. The Bertz CT molecular complexity index is 102. The number of hydrogen-bond acceptors (Lipinski definition) is 4. The van der Waals surface area contributed by atoms with Gasteiger partial charge in [-0.1, -0.05) is 0 Å². The van der Waals surface area contributed by atoms with Crippen LogP contribution in [0.15, 0.2) is 0 Å². The summed E-state index contributed by atoms with van der Waals surface area (Å²) in [7, 11) is 1.54. The van der Waals surface area contributed by atoms with E-state index in [-0.39, 0.29) is 0 Å². The minimum Gasteiger partial charge on any atom is -0.348 e. The van der Waals surface area contributed by atoms with E-state index in [4.69, 9.17) is 18.9 Å². The Balaban J connectivity index is 3.94. The lowest BCUT2D eigenvalue weighted by molar-refractivity contribution is -0.213. The average Bonchev–Trinajstić information content (AvgIpc) is 2.14. The molecule has 0 aliphatic carbocycles. The van der Waals surface area contributed by atoms with E-state index >= 15 is 0 Å². The standard InChI is InChI=1S/C9H19O4/c1-5-11-8(10-4)9(12-6-2)13-7-3/h9H,5-7H2,1-4H3. The Kier molecular flexibility index (Phi) is 8.33. The molecule has 0 aliphatic heterocycles. The van der Waals surface area contributed by atoms with Gasteiger partial charge in [0.1, 0.15) is 0 Å². The third-order valence-electron chi connectivity index (χ3n) is 1.32. The van der Waals surface area contributed by atoms with E-state index in [1.54, 1.807) is 0 Å². The van der Waals surface area contributed by atoms with E-state index in [9.17, 15) is 0 Å². The lowest BCUT2D eigenvalue weighted by atomic mass is 10.5. The Morgan fingerprint density at radius 1 is 1.00 bits per heavy atom. The lowest BCUT2D eigenvalue weighted by Crippen LogP contribution is -2.29. The van der Waals surface area contributed by atoms with Gasteiger partial charge >= 0.3 is 0 Å². The van der Waals surface area contributed by atoms with Gasteiger partial charge in [-0.05, 0) is 20.8 Å². The molecule has 0 aliphatic rings. The molecule has 1 radical (unpaired) electrons. The van der Waals surface area contributed by atoms with Gasteiger partial charge in [0, 0.05) is 26.9 Å². The normalized spacial score (nSPS) is 11.5. The zero-order chi connectivity index (χ0) is 10.1. The van der Waals surface area contributed by atoms with Crippen LogP contribution in [0.1, 0.15) is 20.8 Å². The topological polar surface area (TPSA) is 36.9 Å². The molecule has 4 nitrogen and oxygen atoms in total. The maximum absolute atomic E-state index is 5.28. The van der Waals surface area contributed by atoms with Crippen LogP contribution in [-0.2, 0) is 18.9 Å². The highest BCUT2D eigenvalue weighted by Gasteiger charge is 2.24. The molecule has 0 rings (SSSR count). The predicted octanol–water partition coefficient (Wildman–Crippen LogP) is 1.56. The molecule has 0 unspecified atom stereocenters. The van der Waals surface area contributed by atoms with Gasteiger partial charge in [-0.25, -0.2) is 0 Å². The van der Waals surface area contributed by atoms with Crippen molar-refractivity contribution < 1.29 is 18.9 Å². The highest BCUT2D eigenvalue weighted by Crippen LogP contribution is 2.14. The first kappa shape index (κ1) is 12.8. The zero-order valence-electron chi connectivity index (χ0n) is 8.83. The van der Waals surface area contributed by atoms with Gasteiger partial charge in [0.05, 0.1) is 0 Å². The van der Waals surface area contributed by atoms with Crippen molar-refractivity contribution in [3.05, 3.63) is 6.29 Å². The van der Waals surface area contributed by atoms with Crippen LogP contribution in [0.25, 0.3) is 0 Å². The van der Waals surface area contributed by atoms with Crippen molar-refractivity contribution in [1.82, 2.24) is 0 Å². The summed E-state index contributed by atoms with van der Waals surface area (Å²) in [5, 5.41) is 0. The minimum atomic E-state index is -0.514. The number of ether oxygens (including phenoxy) is 4. The van der Waals surface area contributed by atoms with Crippen LogP contribution in [0, 0.1) is 6.29 Å². The smallest absolute Gasteiger partial charge is 0.281 e. The van der Waals surface area contributed by atoms with Gasteiger partial charge in [-0.3, -0.25) is 0 Å². The second kappa shape index (κ2) is 8.44. The summed E-state index contributed by atoms with van der Waals surface area (Å²) in [6.07, 6.45) is -0.133. The molecule has 0 fully saturated rings. The van der Waals surface area contributed by atoms with E-state index in [0.717, 1.165) is 0 Å². The van der Waals surface area contributed by atoms with Crippen LogP contribution < -0.4 is 0 Å². The van der Waals surface area contributed by atoms with Crippen LogP contribution >= 0.6 is 0 Å². The fraction of sp³-hybridized carbons (Fsp3) is 0.889. The van der Waals surface area contributed by atoms with E-state index < -0.39 is 6.29 Å². The van der Waals surface area contributed by atoms with Crippen LogP contribution in [0.5, 0.6) is 0 Å². The fourth-order valence-electron chi connectivity index (χ4n) is 0.852. The monoisotopic (exact) mass is 191 g/mol. The van der Waals surface area contributed by atoms with Crippen molar-refractivity contribution in [2.45, 2.75) is 27.1 Å². The molecule has 13 heavy (non-hydrogen) atoms. The van der Waals surface area contributed by atoms with Crippen LogP contribution in [0.3, 0.4) is 0 Å². The van der Waals surface area contributed by atoms with Crippen molar-refractivity contribution >= 4 is 0 Å². The van der Waals surface area contributed by atoms with Crippen molar-refractivity contribution in [2.75, 3.05) is 26.9 Å². The summed E-state index contributed by atoms with van der Waals surface area (Å²) in [6, 6.07) is 0. The third kappa shape index (κ3) is 5.21. The molecule has 0 heterocycles. The van der Waals surface area contributed by atoms with Gasteiger partial charge in [-0.2, -0.15) is 0 Å². The second-order valence-electron chi connectivity index (χ2n) is 2.20. The lowest BCUT2D eigenvalue weighted by Gasteiger charge is -2.23. The van der Waals surface area contributed by atoms with Gasteiger partial charge < -0.3 is 18.9 Å². The Labute approximate surface area is 80.1 Å². The van der Waals surface area contributed by atoms with Crippen molar-refractivity contribution in [1.29, 1.82) is 0 Å². The van der Waals surface area contributed by atoms with Gasteiger partial charge in [-0.15, -0.1) is 0 Å². The van der Waals surface area contributed by atoms with Crippen LogP contribution in [0.2, 0.25) is 0 Å². The highest BCUT2D eigenvalue weighted by atomic mass is 16.8. The minimum absolute atomic E-state index is 0.381.